The highest BCUT2D eigenvalue weighted by Gasteiger charge is 2.00. The Hall–Kier alpha value is -1.63. The quantitative estimate of drug-likeness (QED) is 0.632. The summed E-state index contributed by atoms with van der Waals surface area (Å²) >= 11 is 0. The molecule has 14 heavy (non-hydrogen) atoms. The van der Waals surface area contributed by atoms with Crippen molar-refractivity contribution in [2.24, 2.45) is 4.99 Å². The molecule has 0 saturated heterocycles. The molecule has 0 bridgehead atoms. The van der Waals surface area contributed by atoms with Gasteiger partial charge < -0.3 is 0 Å². The maximum absolute atomic E-state index is 4.35. The SMILES string of the molecule is CC1=NC=C(c2ccccc2)CC=C1. The van der Waals surface area contributed by atoms with E-state index in [1.54, 1.807) is 0 Å². The van der Waals surface area contributed by atoms with E-state index in [4.69, 9.17) is 0 Å². The fourth-order valence-electron chi connectivity index (χ4n) is 1.48. The van der Waals surface area contributed by atoms with Gasteiger partial charge in [0.05, 0.1) is 0 Å². The minimum Gasteiger partial charge on any atom is -0.261 e. The number of rotatable bonds is 1. The maximum atomic E-state index is 4.35. The molecule has 0 atom stereocenters. The first-order valence-electron chi connectivity index (χ1n) is 4.81. The molecule has 70 valence electrons. The third-order valence-electron chi connectivity index (χ3n) is 2.27. The van der Waals surface area contributed by atoms with Crippen LogP contribution in [-0.2, 0) is 0 Å². The van der Waals surface area contributed by atoms with Crippen LogP contribution in [0.15, 0.2) is 53.7 Å². The summed E-state index contributed by atoms with van der Waals surface area (Å²) in [5.41, 5.74) is 3.60. The molecular weight excluding hydrogens is 170 g/mol. The predicted octanol–water partition coefficient (Wildman–Crippen LogP) is 3.45. The first-order valence-corrected chi connectivity index (χ1v) is 4.81. The standard InChI is InChI=1S/C13H13N/c1-11-6-5-9-13(10-14-11)12-7-3-2-4-8-12/h2-8,10H,9H2,1H3. The summed E-state index contributed by atoms with van der Waals surface area (Å²) in [6.07, 6.45) is 7.15. The molecule has 0 saturated carbocycles. The Morgan fingerprint density at radius 1 is 1.14 bits per heavy atom. The van der Waals surface area contributed by atoms with Crippen molar-refractivity contribution in [3.63, 3.8) is 0 Å². The second-order valence-corrected chi connectivity index (χ2v) is 3.40. The molecule has 0 unspecified atom stereocenters. The third-order valence-corrected chi connectivity index (χ3v) is 2.27. The molecule has 0 amide bonds. The van der Waals surface area contributed by atoms with Gasteiger partial charge in [0.1, 0.15) is 0 Å². The van der Waals surface area contributed by atoms with Gasteiger partial charge in [-0.25, -0.2) is 0 Å². The Morgan fingerprint density at radius 2 is 1.93 bits per heavy atom. The second kappa shape index (κ2) is 4.05. The fraction of sp³-hybridized carbons (Fsp3) is 0.154. The summed E-state index contributed by atoms with van der Waals surface area (Å²) in [5.74, 6) is 0. The van der Waals surface area contributed by atoms with Gasteiger partial charge in [0.2, 0.25) is 0 Å². The van der Waals surface area contributed by atoms with Gasteiger partial charge in [-0.1, -0.05) is 36.4 Å². The molecule has 1 heteroatoms. The van der Waals surface area contributed by atoms with Crippen LogP contribution in [0.2, 0.25) is 0 Å². The average molecular weight is 183 g/mol. The lowest BCUT2D eigenvalue weighted by molar-refractivity contribution is 1.38. The van der Waals surface area contributed by atoms with Crippen LogP contribution in [-0.4, -0.2) is 5.71 Å². The first kappa shape index (κ1) is 8.95. The highest BCUT2D eigenvalue weighted by Crippen LogP contribution is 2.20. The van der Waals surface area contributed by atoms with E-state index in [-0.39, 0.29) is 0 Å². The molecule has 0 spiro atoms. The summed E-state index contributed by atoms with van der Waals surface area (Å²) in [6.45, 7) is 2.01. The molecule has 1 aliphatic heterocycles. The van der Waals surface area contributed by atoms with Gasteiger partial charge in [0.15, 0.2) is 0 Å². The molecule has 1 aromatic rings. The molecule has 1 heterocycles. The monoisotopic (exact) mass is 183 g/mol. The lowest BCUT2D eigenvalue weighted by Gasteiger charge is -2.01. The van der Waals surface area contributed by atoms with Crippen molar-refractivity contribution in [2.45, 2.75) is 13.3 Å². The van der Waals surface area contributed by atoms with E-state index in [9.17, 15) is 0 Å². The average Bonchev–Trinajstić information content (AvgIpc) is 2.44. The summed E-state index contributed by atoms with van der Waals surface area (Å²) in [7, 11) is 0. The van der Waals surface area contributed by atoms with Crippen LogP contribution in [0.5, 0.6) is 0 Å². The molecule has 1 aromatic carbocycles. The van der Waals surface area contributed by atoms with Crippen LogP contribution in [0.3, 0.4) is 0 Å². The van der Waals surface area contributed by atoms with E-state index >= 15 is 0 Å². The van der Waals surface area contributed by atoms with E-state index in [0.717, 1.165) is 12.1 Å². The largest absolute Gasteiger partial charge is 0.261 e. The zero-order valence-electron chi connectivity index (χ0n) is 8.27. The van der Waals surface area contributed by atoms with E-state index in [1.807, 2.05) is 19.2 Å². The predicted molar refractivity (Wildman–Crippen MR) is 61.3 cm³/mol. The van der Waals surface area contributed by atoms with Gasteiger partial charge >= 0.3 is 0 Å². The fourth-order valence-corrected chi connectivity index (χ4v) is 1.48. The molecule has 1 aliphatic rings. The number of benzene rings is 1. The van der Waals surface area contributed by atoms with Gasteiger partial charge in [-0.15, -0.1) is 0 Å². The Balaban J connectivity index is 2.33. The Bertz CT molecular complexity index is 397. The Labute approximate surface area is 84.5 Å². The molecule has 0 fully saturated rings. The molecule has 1 nitrogen and oxygen atoms in total. The highest BCUT2D eigenvalue weighted by atomic mass is 14.7. The number of hydrogen-bond donors (Lipinski definition) is 0. The third kappa shape index (κ3) is 1.99. The van der Waals surface area contributed by atoms with Gasteiger partial charge in [-0.05, 0) is 30.6 Å². The smallest absolute Gasteiger partial charge is 0.0369 e. The summed E-state index contributed by atoms with van der Waals surface area (Å²) < 4.78 is 0. The lowest BCUT2D eigenvalue weighted by Crippen LogP contribution is -1.80. The zero-order valence-corrected chi connectivity index (χ0v) is 8.27. The van der Waals surface area contributed by atoms with E-state index < -0.39 is 0 Å². The first-order chi connectivity index (χ1) is 6.86. The molecule has 0 aromatic heterocycles. The van der Waals surface area contributed by atoms with Crippen molar-refractivity contribution in [3.8, 4) is 0 Å². The van der Waals surface area contributed by atoms with Gasteiger partial charge in [0.25, 0.3) is 0 Å². The minimum absolute atomic E-state index is 0.963. The van der Waals surface area contributed by atoms with E-state index in [1.165, 1.54) is 11.1 Å². The van der Waals surface area contributed by atoms with Crippen LogP contribution in [0.1, 0.15) is 18.9 Å². The number of hydrogen-bond acceptors (Lipinski definition) is 1. The molecule has 0 radical (unpaired) electrons. The number of aliphatic imine (C=N–C) groups is 1. The molecule has 0 N–H and O–H groups in total. The van der Waals surface area contributed by atoms with E-state index in [0.29, 0.717) is 0 Å². The van der Waals surface area contributed by atoms with Crippen molar-refractivity contribution < 1.29 is 0 Å². The van der Waals surface area contributed by atoms with Gasteiger partial charge in [0, 0.05) is 11.9 Å². The second-order valence-electron chi connectivity index (χ2n) is 3.40. The summed E-state index contributed by atoms with van der Waals surface area (Å²) in [5, 5.41) is 0. The van der Waals surface area contributed by atoms with Crippen molar-refractivity contribution in [1.29, 1.82) is 0 Å². The van der Waals surface area contributed by atoms with E-state index in [2.05, 4.69) is 41.4 Å². The zero-order chi connectivity index (χ0) is 9.80. The topological polar surface area (TPSA) is 12.4 Å². The van der Waals surface area contributed by atoms with Crippen molar-refractivity contribution in [3.05, 3.63) is 54.2 Å². The molecular formula is C13H13N. The molecule has 0 aliphatic carbocycles. The number of nitrogens with zero attached hydrogens (tertiary/aromatic N) is 1. The van der Waals surface area contributed by atoms with Crippen LogP contribution in [0, 0.1) is 0 Å². The van der Waals surface area contributed by atoms with Crippen molar-refractivity contribution in [2.75, 3.05) is 0 Å². The minimum atomic E-state index is 0.963. The van der Waals surface area contributed by atoms with Crippen LogP contribution in [0.25, 0.3) is 5.57 Å². The Kier molecular flexibility index (Phi) is 2.59. The summed E-state index contributed by atoms with van der Waals surface area (Å²) in [6, 6.07) is 10.4. The van der Waals surface area contributed by atoms with Crippen LogP contribution < -0.4 is 0 Å². The number of allylic oxidation sites excluding steroid dienone is 3. The van der Waals surface area contributed by atoms with Gasteiger partial charge in [-0.3, -0.25) is 4.99 Å². The van der Waals surface area contributed by atoms with Crippen LogP contribution >= 0.6 is 0 Å². The highest BCUT2D eigenvalue weighted by molar-refractivity contribution is 5.94. The van der Waals surface area contributed by atoms with Crippen molar-refractivity contribution >= 4 is 11.3 Å². The molecule has 2 rings (SSSR count). The van der Waals surface area contributed by atoms with Crippen LogP contribution in [0.4, 0.5) is 0 Å². The normalized spacial score (nSPS) is 15.8. The van der Waals surface area contributed by atoms with Crippen molar-refractivity contribution in [1.82, 2.24) is 0 Å². The maximum Gasteiger partial charge on any atom is 0.0369 e. The van der Waals surface area contributed by atoms with Gasteiger partial charge in [-0.2, -0.15) is 0 Å². The Morgan fingerprint density at radius 3 is 2.71 bits per heavy atom. The lowest BCUT2D eigenvalue weighted by atomic mass is 10.0. The summed E-state index contributed by atoms with van der Waals surface area (Å²) in [4.78, 5) is 4.35.